The Morgan fingerprint density at radius 3 is 3.00 bits per heavy atom. The van der Waals surface area contributed by atoms with Crippen LogP contribution in [0, 0.1) is 18.8 Å². The second-order valence-electron chi connectivity index (χ2n) is 4.50. The van der Waals surface area contributed by atoms with E-state index in [1.54, 1.807) is 13.0 Å². The molecule has 0 spiro atoms. The maximum Gasteiger partial charge on any atom is 0.221 e. The molecule has 0 radical (unpaired) electrons. The molecule has 2 N–H and O–H groups in total. The summed E-state index contributed by atoms with van der Waals surface area (Å²) >= 11 is 0. The Bertz CT molecular complexity index is 436. The Balaban J connectivity index is 2.00. The fourth-order valence-electron chi connectivity index (χ4n) is 2.18. The van der Waals surface area contributed by atoms with Gasteiger partial charge in [0.05, 0.1) is 5.92 Å². The van der Waals surface area contributed by atoms with Crippen molar-refractivity contribution in [3.8, 4) is 0 Å². The van der Waals surface area contributed by atoms with Gasteiger partial charge in [-0.3, -0.25) is 9.69 Å². The number of hydrogen-bond acceptors (Lipinski definition) is 3. The first-order chi connectivity index (χ1) is 8.06. The van der Waals surface area contributed by atoms with Crippen LogP contribution in [-0.4, -0.2) is 28.9 Å². The summed E-state index contributed by atoms with van der Waals surface area (Å²) in [6.07, 6.45) is 0.809. The van der Waals surface area contributed by atoms with E-state index in [2.05, 4.69) is 9.88 Å². The molecule has 1 atom stereocenters. The number of carbonyl (C=O) groups is 1. The number of halogens is 1. The standard InChI is InChI=1S/C12H16FN3O/c1-8-9(2-3-11(13)15-8)6-16-5-4-10(7-16)12(14)17/h2-3,10H,4-7H2,1H3,(H2,14,17). The van der Waals surface area contributed by atoms with Crippen molar-refractivity contribution in [3.05, 3.63) is 29.3 Å². The van der Waals surface area contributed by atoms with Crippen molar-refractivity contribution in [1.82, 2.24) is 9.88 Å². The van der Waals surface area contributed by atoms with E-state index in [-0.39, 0.29) is 11.8 Å². The molecule has 1 unspecified atom stereocenters. The highest BCUT2D eigenvalue weighted by Crippen LogP contribution is 2.19. The summed E-state index contributed by atoms with van der Waals surface area (Å²) < 4.78 is 12.8. The summed E-state index contributed by atoms with van der Waals surface area (Å²) in [4.78, 5) is 17.0. The molecule has 0 bridgehead atoms. The van der Waals surface area contributed by atoms with Crippen LogP contribution >= 0.6 is 0 Å². The molecule has 17 heavy (non-hydrogen) atoms. The van der Waals surface area contributed by atoms with Gasteiger partial charge in [0.15, 0.2) is 0 Å². The van der Waals surface area contributed by atoms with Crippen LogP contribution in [-0.2, 0) is 11.3 Å². The summed E-state index contributed by atoms with van der Waals surface area (Å²) in [6.45, 7) is 4.03. The van der Waals surface area contributed by atoms with E-state index in [1.165, 1.54) is 6.07 Å². The van der Waals surface area contributed by atoms with Crippen LogP contribution in [0.25, 0.3) is 0 Å². The van der Waals surface area contributed by atoms with Gasteiger partial charge in [0, 0.05) is 18.8 Å². The number of aromatic nitrogens is 1. The summed E-state index contributed by atoms with van der Waals surface area (Å²) in [5.74, 6) is -0.743. The van der Waals surface area contributed by atoms with Gasteiger partial charge in [-0.2, -0.15) is 4.39 Å². The number of hydrogen-bond donors (Lipinski definition) is 1. The van der Waals surface area contributed by atoms with Gasteiger partial charge in [-0.15, -0.1) is 0 Å². The van der Waals surface area contributed by atoms with Gasteiger partial charge < -0.3 is 5.73 Å². The lowest BCUT2D eigenvalue weighted by atomic mass is 10.1. The Kier molecular flexibility index (Phi) is 3.38. The number of aryl methyl sites for hydroxylation is 1. The number of carbonyl (C=O) groups excluding carboxylic acids is 1. The molecule has 5 heteroatoms. The third-order valence-electron chi connectivity index (χ3n) is 3.23. The predicted molar refractivity (Wildman–Crippen MR) is 61.5 cm³/mol. The van der Waals surface area contributed by atoms with E-state index in [0.29, 0.717) is 18.8 Å². The molecule has 1 aliphatic heterocycles. The highest BCUT2D eigenvalue weighted by molar-refractivity contribution is 5.77. The smallest absolute Gasteiger partial charge is 0.221 e. The first-order valence-corrected chi connectivity index (χ1v) is 5.70. The molecule has 1 aliphatic rings. The molecule has 1 saturated heterocycles. The molecular weight excluding hydrogens is 221 g/mol. The second-order valence-corrected chi connectivity index (χ2v) is 4.50. The number of nitrogens with zero attached hydrogens (tertiary/aromatic N) is 2. The predicted octanol–water partition coefficient (Wildman–Crippen LogP) is 0.836. The topological polar surface area (TPSA) is 59.2 Å². The largest absolute Gasteiger partial charge is 0.369 e. The summed E-state index contributed by atoms with van der Waals surface area (Å²) in [6, 6.07) is 3.11. The normalized spacial score (nSPS) is 20.7. The van der Waals surface area contributed by atoms with Crippen LogP contribution in [0.3, 0.4) is 0 Å². The van der Waals surface area contributed by atoms with Crippen LogP contribution in [0.1, 0.15) is 17.7 Å². The Morgan fingerprint density at radius 2 is 2.41 bits per heavy atom. The van der Waals surface area contributed by atoms with Crippen LogP contribution < -0.4 is 5.73 Å². The van der Waals surface area contributed by atoms with Gasteiger partial charge in [-0.05, 0) is 31.5 Å². The Hall–Kier alpha value is -1.49. The zero-order chi connectivity index (χ0) is 12.4. The minimum atomic E-state index is -0.456. The monoisotopic (exact) mass is 237 g/mol. The highest BCUT2D eigenvalue weighted by atomic mass is 19.1. The third kappa shape index (κ3) is 2.79. The van der Waals surface area contributed by atoms with E-state index < -0.39 is 5.95 Å². The quantitative estimate of drug-likeness (QED) is 0.792. The van der Waals surface area contributed by atoms with Gasteiger partial charge in [0.1, 0.15) is 0 Å². The highest BCUT2D eigenvalue weighted by Gasteiger charge is 2.26. The summed E-state index contributed by atoms with van der Waals surface area (Å²) in [7, 11) is 0. The Labute approximate surface area is 99.6 Å². The first-order valence-electron chi connectivity index (χ1n) is 5.70. The lowest BCUT2D eigenvalue weighted by molar-refractivity contribution is -0.121. The summed E-state index contributed by atoms with van der Waals surface area (Å²) in [5, 5.41) is 0. The van der Waals surface area contributed by atoms with Gasteiger partial charge >= 0.3 is 0 Å². The van der Waals surface area contributed by atoms with Crippen LogP contribution in [0.4, 0.5) is 4.39 Å². The van der Waals surface area contributed by atoms with Crippen LogP contribution in [0.5, 0.6) is 0 Å². The lowest BCUT2D eigenvalue weighted by Gasteiger charge is -2.16. The minimum absolute atomic E-state index is 0.0521. The van der Waals surface area contributed by atoms with Crippen molar-refractivity contribution >= 4 is 5.91 Å². The van der Waals surface area contributed by atoms with Gasteiger partial charge in [-0.25, -0.2) is 4.98 Å². The van der Waals surface area contributed by atoms with Crippen LogP contribution in [0.2, 0.25) is 0 Å². The SMILES string of the molecule is Cc1nc(F)ccc1CN1CCC(C(N)=O)C1. The van der Waals surface area contributed by atoms with Crippen LogP contribution in [0.15, 0.2) is 12.1 Å². The van der Waals surface area contributed by atoms with E-state index in [1.807, 2.05) is 0 Å². The molecule has 1 aromatic rings. The third-order valence-corrected chi connectivity index (χ3v) is 3.23. The van der Waals surface area contributed by atoms with Crippen molar-refractivity contribution in [1.29, 1.82) is 0 Å². The molecule has 0 aromatic carbocycles. The molecule has 1 fully saturated rings. The fourth-order valence-corrected chi connectivity index (χ4v) is 2.18. The zero-order valence-electron chi connectivity index (χ0n) is 9.82. The molecule has 2 rings (SSSR count). The average Bonchev–Trinajstić information content (AvgIpc) is 2.71. The van der Waals surface area contributed by atoms with E-state index in [9.17, 15) is 9.18 Å². The molecule has 92 valence electrons. The van der Waals surface area contributed by atoms with Crippen molar-refractivity contribution in [3.63, 3.8) is 0 Å². The number of pyridine rings is 1. The number of rotatable bonds is 3. The van der Waals surface area contributed by atoms with Gasteiger partial charge in [0.2, 0.25) is 11.9 Å². The molecule has 0 saturated carbocycles. The van der Waals surface area contributed by atoms with E-state index in [4.69, 9.17) is 5.73 Å². The zero-order valence-corrected chi connectivity index (χ0v) is 9.82. The first kappa shape index (κ1) is 12.0. The van der Waals surface area contributed by atoms with E-state index in [0.717, 1.165) is 18.5 Å². The van der Waals surface area contributed by atoms with Gasteiger partial charge in [0.25, 0.3) is 0 Å². The molecule has 0 aliphatic carbocycles. The molecule has 4 nitrogen and oxygen atoms in total. The number of nitrogens with two attached hydrogens (primary N) is 1. The maximum atomic E-state index is 12.8. The Morgan fingerprint density at radius 1 is 1.65 bits per heavy atom. The minimum Gasteiger partial charge on any atom is -0.369 e. The van der Waals surface area contributed by atoms with Crippen molar-refractivity contribution in [2.75, 3.05) is 13.1 Å². The molecule has 2 heterocycles. The van der Waals surface area contributed by atoms with E-state index >= 15 is 0 Å². The molecule has 1 aromatic heterocycles. The van der Waals surface area contributed by atoms with Crippen molar-refractivity contribution in [2.45, 2.75) is 19.9 Å². The number of likely N-dealkylation sites (tertiary alicyclic amines) is 1. The average molecular weight is 237 g/mol. The summed E-state index contributed by atoms with van der Waals surface area (Å²) in [5.41, 5.74) is 6.97. The molecule has 1 amide bonds. The van der Waals surface area contributed by atoms with Crippen molar-refractivity contribution in [2.24, 2.45) is 11.7 Å². The van der Waals surface area contributed by atoms with Crippen molar-refractivity contribution < 1.29 is 9.18 Å². The van der Waals surface area contributed by atoms with Gasteiger partial charge in [-0.1, -0.05) is 6.07 Å². The number of primary amides is 1. The second kappa shape index (κ2) is 4.79. The lowest BCUT2D eigenvalue weighted by Crippen LogP contribution is -2.27. The molecular formula is C12H16FN3O. The number of amides is 1. The fraction of sp³-hybridized carbons (Fsp3) is 0.500. The maximum absolute atomic E-state index is 12.8.